The maximum atomic E-state index is 13.2. The van der Waals surface area contributed by atoms with E-state index >= 15 is 0 Å². The maximum absolute atomic E-state index is 13.2. The molecule has 0 bridgehead atoms. The third-order valence-corrected chi connectivity index (χ3v) is 4.52. The van der Waals surface area contributed by atoms with Crippen LogP contribution in [0.25, 0.3) is 5.65 Å². The van der Waals surface area contributed by atoms with E-state index in [1.54, 1.807) is 30.3 Å². The van der Waals surface area contributed by atoms with Crippen LogP contribution in [0.4, 0.5) is 18.9 Å². The van der Waals surface area contributed by atoms with Crippen molar-refractivity contribution in [3.05, 3.63) is 82.0 Å². The lowest BCUT2D eigenvalue weighted by Crippen LogP contribution is -2.28. The Morgan fingerprint density at radius 3 is 2.62 bits per heavy atom. The summed E-state index contributed by atoms with van der Waals surface area (Å²) in [5.41, 5.74) is -2.25. The quantitative estimate of drug-likeness (QED) is 0.483. The molecule has 2 heterocycles. The van der Waals surface area contributed by atoms with Crippen molar-refractivity contribution in [2.45, 2.75) is 12.7 Å². The van der Waals surface area contributed by atoms with Crippen LogP contribution in [0.1, 0.15) is 5.56 Å². The summed E-state index contributed by atoms with van der Waals surface area (Å²) in [5.74, 6) is -0.413. The van der Waals surface area contributed by atoms with Crippen LogP contribution in [-0.2, 0) is 17.5 Å². The SMILES string of the molecule is O=C(Cn1nc2c(Oc3ccccc3)nccn2c1=O)Nc1ccc(Cl)cc1C(F)(F)F. The van der Waals surface area contributed by atoms with E-state index in [2.05, 4.69) is 15.4 Å². The summed E-state index contributed by atoms with van der Waals surface area (Å²) in [6, 6.07) is 11.6. The first kappa shape index (κ1) is 21.4. The highest BCUT2D eigenvalue weighted by Gasteiger charge is 2.34. The average Bonchev–Trinajstić information content (AvgIpc) is 3.06. The van der Waals surface area contributed by atoms with Crippen LogP contribution in [0.15, 0.2) is 65.7 Å². The number of nitrogens with one attached hydrogen (secondary N) is 1. The molecule has 1 amide bonds. The van der Waals surface area contributed by atoms with Crippen LogP contribution in [0.2, 0.25) is 5.02 Å². The molecule has 12 heteroatoms. The molecule has 32 heavy (non-hydrogen) atoms. The molecular formula is C20H13ClF3N5O3. The van der Waals surface area contributed by atoms with Crippen LogP contribution in [0, 0.1) is 0 Å². The van der Waals surface area contributed by atoms with E-state index in [9.17, 15) is 22.8 Å². The van der Waals surface area contributed by atoms with Crippen molar-refractivity contribution in [3.63, 3.8) is 0 Å². The van der Waals surface area contributed by atoms with Gasteiger partial charge < -0.3 is 10.1 Å². The fraction of sp³-hybridized carbons (Fsp3) is 0.100. The van der Waals surface area contributed by atoms with E-state index in [0.29, 0.717) is 11.8 Å². The molecule has 0 spiro atoms. The fourth-order valence-corrected chi connectivity index (χ4v) is 3.06. The van der Waals surface area contributed by atoms with Gasteiger partial charge in [-0.15, -0.1) is 5.10 Å². The Bertz CT molecular complexity index is 1350. The van der Waals surface area contributed by atoms with Crippen LogP contribution in [-0.4, -0.2) is 25.1 Å². The summed E-state index contributed by atoms with van der Waals surface area (Å²) in [5, 5.41) is 6.06. The zero-order valence-corrected chi connectivity index (χ0v) is 16.8. The van der Waals surface area contributed by atoms with E-state index in [0.717, 1.165) is 15.1 Å². The van der Waals surface area contributed by atoms with E-state index in [-0.39, 0.29) is 16.5 Å². The molecule has 1 N–H and O–H groups in total. The maximum Gasteiger partial charge on any atom is 0.418 e. The number of nitrogens with zero attached hydrogens (tertiary/aromatic N) is 4. The van der Waals surface area contributed by atoms with Gasteiger partial charge in [0.25, 0.3) is 5.88 Å². The van der Waals surface area contributed by atoms with Gasteiger partial charge in [0.1, 0.15) is 12.3 Å². The summed E-state index contributed by atoms with van der Waals surface area (Å²) < 4.78 is 47.2. The van der Waals surface area contributed by atoms with Crippen molar-refractivity contribution in [2.75, 3.05) is 5.32 Å². The van der Waals surface area contributed by atoms with Crippen molar-refractivity contribution in [1.29, 1.82) is 0 Å². The summed E-state index contributed by atoms with van der Waals surface area (Å²) in [7, 11) is 0. The summed E-state index contributed by atoms with van der Waals surface area (Å²) in [6.07, 6.45) is -2.08. The van der Waals surface area contributed by atoms with E-state index in [1.165, 1.54) is 18.5 Å². The van der Waals surface area contributed by atoms with Crippen LogP contribution in [0.3, 0.4) is 0 Å². The summed E-state index contributed by atoms with van der Waals surface area (Å²) in [6.45, 7) is -0.634. The number of hydrogen-bond acceptors (Lipinski definition) is 5. The molecule has 0 saturated heterocycles. The van der Waals surface area contributed by atoms with Gasteiger partial charge in [0.15, 0.2) is 0 Å². The van der Waals surface area contributed by atoms with Crippen LogP contribution >= 0.6 is 11.6 Å². The standard InChI is InChI=1S/C20H13ClF3N5O3/c21-12-6-7-15(14(10-12)20(22,23)24)26-16(30)11-29-19(31)28-9-8-25-18(17(28)27-29)32-13-4-2-1-3-5-13/h1-10H,11H2,(H,26,30). The smallest absolute Gasteiger partial charge is 0.418 e. The molecule has 164 valence electrons. The number of benzene rings is 2. The first-order chi connectivity index (χ1) is 15.2. The molecule has 4 aromatic rings. The Balaban J connectivity index is 1.60. The molecule has 4 rings (SSSR count). The molecule has 0 unspecified atom stereocenters. The first-order valence-electron chi connectivity index (χ1n) is 9.06. The largest absolute Gasteiger partial charge is 0.436 e. The molecule has 0 aliphatic rings. The topological polar surface area (TPSA) is 90.5 Å². The normalized spacial score (nSPS) is 11.5. The van der Waals surface area contributed by atoms with Crippen molar-refractivity contribution in [2.24, 2.45) is 0 Å². The molecule has 0 saturated carbocycles. The minimum Gasteiger partial charge on any atom is -0.436 e. The van der Waals surface area contributed by atoms with Crippen molar-refractivity contribution in [1.82, 2.24) is 19.2 Å². The lowest BCUT2D eigenvalue weighted by Gasteiger charge is -2.14. The molecule has 2 aromatic carbocycles. The fourth-order valence-electron chi connectivity index (χ4n) is 2.89. The van der Waals surface area contributed by atoms with Gasteiger partial charge in [-0.25, -0.2) is 18.9 Å². The molecule has 0 aliphatic heterocycles. The number of amides is 1. The Labute approximate surface area is 182 Å². The van der Waals surface area contributed by atoms with Crippen molar-refractivity contribution >= 4 is 28.8 Å². The third kappa shape index (κ3) is 4.42. The van der Waals surface area contributed by atoms with E-state index < -0.39 is 35.6 Å². The Morgan fingerprint density at radius 2 is 1.91 bits per heavy atom. The monoisotopic (exact) mass is 463 g/mol. The first-order valence-corrected chi connectivity index (χ1v) is 9.44. The lowest BCUT2D eigenvalue weighted by atomic mass is 10.1. The van der Waals surface area contributed by atoms with Gasteiger partial charge in [0.05, 0.1) is 11.3 Å². The Kier molecular flexibility index (Phi) is 5.57. The third-order valence-electron chi connectivity index (χ3n) is 4.28. The number of hydrogen-bond donors (Lipinski definition) is 1. The number of anilines is 1. The number of aromatic nitrogens is 4. The second kappa shape index (κ2) is 8.35. The summed E-state index contributed by atoms with van der Waals surface area (Å²) >= 11 is 5.64. The molecular weight excluding hydrogens is 451 g/mol. The van der Waals surface area contributed by atoms with E-state index in [1.807, 2.05) is 0 Å². The Morgan fingerprint density at radius 1 is 1.16 bits per heavy atom. The number of fused-ring (bicyclic) bond motifs is 1. The molecule has 2 aromatic heterocycles. The number of halogens is 4. The van der Waals surface area contributed by atoms with Gasteiger partial charge in [-0.2, -0.15) is 13.2 Å². The second-order valence-corrected chi connectivity index (χ2v) is 6.95. The van der Waals surface area contributed by atoms with Gasteiger partial charge >= 0.3 is 11.9 Å². The zero-order valence-electron chi connectivity index (χ0n) is 16.0. The molecule has 0 radical (unpaired) electrons. The predicted octanol–water partition coefficient (Wildman–Crippen LogP) is 3.99. The molecule has 8 nitrogen and oxygen atoms in total. The summed E-state index contributed by atoms with van der Waals surface area (Å²) in [4.78, 5) is 29.0. The number of rotatable bonds is 5. The molecule has 0 fully saturated rings. The average molecular weight is 464 g/mol. The highest BCUT2D eigenvalue weighted by molar-refractivity contribution is 6.30. The van der Waals surface area contributed by atoms with Crippen LogP contribution in [0.5, 0.6) is 11.6 Å². The zero-order chi connectivity index (χ0) is 22.9. The number of carbonyl (C=O) groups excluding carboxylic acids is 1. The highest BCUT2D eigenvalue weighted by Crippen LogP contribution is 2.36. The van der Waals surface area contributed by atoms with Gasteiger partial charge in [0.2, 0.25) is 11.6 Å². The number of ether oxygens (including phenoxy) is 1. The lowest BCUT2D eigenvalue weighted by molar-refractivity contribution is -0.137. The van der Waals surface area contributed by atoms with Gasteiger partial charge in [0, 0.05) is 17.4 Å². The van der Waals surface area contributed by atoms with Crippen LogP contribution < -0.4 is 15.7 Å². The number of para-hydroxylation sites is 1. The predicted molar refractivity (Wildman–Crippen MR) is 109 cm³/mol. The van der Waals surface area contributed by atoms with Crippen molar-refractivity contribution < 1.29 is 22.7 Å². The highest BCUT2D eigenvalue weighted by atomic mass is 35.5. The number of alkyl halides is 3. The van der Waals surface area contributed by atoms with E-state index in [4.69, 9.17) is 16.3 Å². The second-order valence-electron chi connectivity index (χ2n) is 6.52. The van der Waals surface area contributed by atoms with Crippen molar-refractivity contribution in [3.8, 4) is 11.6 Å². The minimum atomic E-state index is -4.73. The van der Waals surface area contributed by atoms with Gasteiger partial charge in [-0.05, 0) is 30.3 Å². The molecule has 0 aliphatic carbocycles. The minimum absolute atomic E-state index is 0.0204. The Hall–Kier alpha value is -3.86. The van der Waals surface area contributed by atoms with Gasteiger partial charge in [-0.3, -0.25) is 4.79 Å². The number of carbonyl (C=O) groups is 1. The van der Waals surface area contributed by atoms with Gasteiger partial charge in [-0.1, -0.05) is 29.8 Å². The molecule has 0 atom stereocenters.